The van der Waals surface area contributed by atoms with Gasteiger partial charge in [-0.3, -0.25) is 9.78 Å². The maximum atomic E-state index is 13.1. The summed E-state index contributed by atoms with van der Waals surface area (Å²) in [5.74, 6) is 1.14. The zero-order valence-corrected chi connectivity index (χ0v) is 16.4. The molecule has 1 aliphatic heterocycles. The predicted octanol–water partition coefficient (Wildman–Crippen LogP) is 2.86. The normalized spacial score (nSPS) is 15.6. The molecule has 0 radical (unpaired) electrons. The molecule has 0 aliphatic carbocycles. The number of piperidine rings is 1. The zero-order chi connectivity index (χ0) is 20.1. The molecule has 7 nitrogen and oxygen atoms in total. The van der Waals surface area contributed by atoms with Crippen molar-refractivity contribution in [1.29, 1.82) is 0 Å². The third-order valence-electron chi connectivity index (χ3n) is 5.10. The van der Waals surface area contributed by atoms with Crippen molar-refractivity contribution in [2.45, 2.75) is 31.9 Å². The second-order valence-electron chi connectivity index (χ2n) is 7.26. The fourth-order valence-corrected chi connectivity index (χ4v) is 3.41. The number of carbonyl (C=O) groups excluding carboxylic acids is 1. The number of aromatic nitrogens is 2. The van der Waals surface area contributed by atoms with Crippen molar-refractivity contribution < 1.29 is 14.1 Å². The van der Waals surface area contributed by atoms with Crippen LogP contribution < -0.4 is 15.4 Å². The van der Waals surface area contributed by atoms with E-state index in [4.69, 9.17) is 9.26 Å². The number of carbonyl (C=O) groups is 1. The highest BCUT2D eigenvalue weighted by atomic mass is 16.5. The molecule has 1 fully saturated rings. The molecular formula is C22H24N4O3. The van der Waals surface area contributed by atoms with Crippen molar-refractivity contribution in [3.8, 4) is 17.0 Å². The monoisotopic (exact) mass is 392 g/mol. The Morgan fingerprint density at radius 3 is 2.76 bits per heavy atom. The third kappa shape index (κ3) is 4.46. The van der Waals surface area contributed by atoms with E-state index in [0.29, 0.717) is 30.0 Å². The van der Waals surface area contributed by atoms with Gasteiger partial charge < -0.3 is 19.9 Å². The molecule has 0 spiro atoms. The summed E-state index contributed by atoms with van der Waals surface area (Å²) in [4.78, 5) is 17.2. The van der Waals surface area contributed by atoms with E-state index in [1.807, 2.05) is 49.4 Å². The molecule has 4 rings (SSSR count). The second-order valence-corrected chi connectivity index (χ2v) is 7.26. The van der Waals surface area contributed by atoms with Crippen LogP contribution in [0.1, 0.15) is 24.2 Å². The van der Waals surface area contributed by atoms with E-state index in [9.17, 15) is 4.79 Å². The maximum absolute atomic E-state index is 13.1. The van der Waals surface area contributed by atoms with Crippen molar-refractivity contribution in [3.63, 3.8) is 0 Å². The Balaban J connectivity index is 1.44. The van der Waals surface area contributed by atoms with Gasteiger partial charge in [-0.25, -0.2) is 0 Å². The highest BCUT2D eigenvalue weighted by Crippen LogP contribution is 2.27. The van der Waals surface area contributed by atoms with Crippen LogP contribution >= 0.6 is 0 Å². The van der Waals surface area contributed by atoms with Crippen LogP contribution in [-0.4, -0.2) is 34.7 Å². The quantitative estimate of drug-likeness (QED) is 0.671. The smallest absolute Gasteiger partial charge is 0.264 e. The lowest BCUT2D eigenvalue weighted by Crippen LogP contribution is -2.56. The number of benzene rings is 1. The minimum absolute atomic E-state index is 0.140. The molecule has 1 aromatic carbocycles. The molecule has 1 aliphatic rings. The highest BCUT2D eigenvalue weighted by molar-refractivity contribution is 5.85. The number of aryl methyl sites for hydroxylation is 1. The number of hydrogen-bond acceptors (Lipinski definition) is 6. The Bertz CT molecular complexity index is 948. The molecule has 0 bridgehead atoms. The van der Waals surface area contributed by atoms with Crippen LogP contribution in [0.2, 0.25) is 0 Å². The standard InChI is InChI=1S/C22H24N4O3/c1-16-4-6-18(7-5-16)28-22(8-11-23-12-9-22)21(27)25-15-19-13-20(26-29-19)17-3-2-10-24-14-17/h2-7,10,13-14,23H,8-9,11-12,15H2,1H3,(H,25,27). The Morgan fingerprint density at radius 1 is 1.24 bits per heavy atom. The largest absolute Gasteiger partial charge is 0.477 e. The molecule has 150 valence electrons. The molecular weight excluding hydrogens is 368 g/mol. The average molecular weight is 392 g/mol. The summed E-state index contributed by atoms with van der Waals surface area (Å²) in [7, 11) is 0. The summed E-state index contributed by atoms with van der Waals surface area (Å²) in [5.41, 5.74) is 1.81. The predicted molar refractivity (Wildman–Crippen MR) is 108 cm³/mol. The van der Waals surface area contributed by atoms with Crippen LogP contribution in [0.3, 0.4) is 0 Å². The van der Waals surface area contributed by atoms with E-state index < -0.39 is 5.60 Å². The number of pyridine rings is 1. The molecule has 3 aromatic rings. The SMILES string of the molecule is Cc1ccc(OC2(C(=O)NCc3cc(-c4cccnc4)no3)CCNCC2)cc1. The van der Waals surface area contributed by atoms with Gasteiger partial charge in [0.1, 0.15) is 11.4 Å². The number of nitrogens with zero attached hydrogens (tertiary/aromatic N) is 2. The summed E-state index contributed by atoms with van der Waals surface area (Å²) in [6.07, 6.45) is 4.63. The lowest BCUT2D eigenvalue weighted by molar-refractivity contribution is -0.139. The summed E-state index contributed by atoms with van der Waals surface area (Å²) in [6, 6.07) is 13.3. The van der Waals surface area contributed by atoms with Gasteiger partial charge in [-0.15, -0.1) is 0 Å². The topological polar surface area (TPSA) is 89.3 Å². The first kappa shape index (κ1) is 19.1. The van der Waals surface area contributed by atoms with Crippen LogP contribution in [0, 0.1) is 6.92 Å². The fraction of sp³-hybridized carbons (Fsp3) is 0.318. The fourth-order valence-electron chi connectivity index (χ4n) is 3.41. The number of ether oxygens (including phenoxy) is 1. The molecule has 7 heteroatoms. The Morgan fingerprint density at radius 2 is 2.03 bits per heavy atom. The number of nitrogens with one attached hydrogen (secondary N) is 2. The van der Waals surface area contributed by atoms with Crippen molar-refractivity contribution in [1.82, 2.24) is 20.8 Å². The first-order chi connectivity index (χ1) is 14.1. The number of hydrogen-bond donors (Lipinski definition) is 2. The van der Waals surface area contributed by atoms with E-state index in [1.54, 1.807) is 12.4 Å². The van der Waals surface area contributed by atoms with Crippen LogP contribution in [0.5, 0.6) is 5.75 Å². The van der Waals surface area contributed by atoms with E-state index in [0.717, 1.165) is 24.2 Å². The van der Waals surface area contributed by atoms with Crippen molar-refractivity contribution in [3.05, 3.63) is 66.2 Å². The molecule has 29 heavy (non-hydrogen) atoms. The van der Waals surface area contributed by atoms with Gasteiger partial charge in [0.05, 0.1) is 6.54 Å². The third-order valence-corrected chi connectivity index (χ3v) is 5.10. The molecule has 2 aromatic heterocycles. The molecule has 3 heterocycles. The number of amides is 1. The minimum Gasteiger partial charge on any atom is -0.477 e. The van der Waals surface area contributed by atoms with Gasteiger partial charge in [0.15, 0.2) is 11.4 Å². The highest BCUT2D eigenvalue weighted by Gasteiger charge is 2.42. The van der Waals surface area contributed by atoms with Gasteiger partial charge >= 0.3 is 0 Å². The minimum atomic E-state index is -0.896. The van der Waals surface area contributed by atoms with Gasteiger partial charge in [-0.2, -0.15) is 0 Å². The molecule has 0 atom stereocenters. The summed E-state index contributed by atoms with van der Waals surface area (Å²) < 4.78 is 11.6. The van der Waals surface area contributed by atoms with Gasteiger partial charge in [-0.05, 0) is 44.3 Å². The van der Waals surface area contributed by atoms with Gasteiger partial charge in [0, 0.05) is 36.9 Å². The van der Waals surface area contributed by atoms with Crippen molar-refractivity contribution >= 4 is 5.91 Å². The average Bonchev–Trinajstić information content (AvgIpc) is 3.24. The maximum Gasteiger partial charge on any atom is 0.264 e. The van der Waals surface area contributed by atoms with Crippen LogP contribution in [0.4, 0.5) is 0 Å². The van der Waals surface area contributed by atoms with E-state index in [2.05, 4.69) is 20.8 Å². The molecule has 1 saturated heterocycles. The van der Waals surface area contributed by atoms with Crippen molar-refractivity contribution in [2.75, 3.05) is 13.1 Å². The zero-order valence-electron chi connectivity index (χ0n) is 16.4. The Hall–Kier alpha value is -3.19. The lowest BCUT2D eigenvalue weighted by atomic mass is 9.90. The summed E-state index contributed by atoms with van der Waals surface area (Å²) in [5, 5.41) is 10.3. The first-order valence-corrected chi connectivity index (χ1v) is 9.75. The van der Waals surface area contributed by atoms with Crippen LogP contribution in [0.15, 0.2) is 59.4 Å². The van der Waals surface area contributed by atoms with Crippen LogP contribution in [-0.2, 0) is 11.3 Å². The van der Waals surface area contributed by atoms with E-state index in [-0.39, 0.29) is 12.5 Å². The first-order valence-electron chi connectivity index (χ1n) is 9.75. The van der Waals surface area contributed by atoms with Gasteiger partial charge in [-0.1, -0.05) is 22.9 Å². The van der Waals surface area contributed by atoms with Gasteiger partial charge in [0.25, 0.3) is 5.91 Å². The van der Waals surface area contributed by atoms with E-state index in [1.165, 1.54) is 0 Å². The van der Waals surface area contributed by atoms with E-state index >= 15 is 0 Å². The lowest BCUT2D eigenvalue weighted by Gasteiger charge is -2.36. The Kier molecular flexibility index (Phi) is 5.57. The van der Waals surface area contributed by atoms with Crippen LogP contribution in [0.25, 0.3) is 11.3 Å². The summed E-state index contributed by atoms with van der Waals surface area (Å²) in [6.45, 7) is 3.73. The number of rotatable bonds is 6. The van der Waals surface area contributed by atoms with Crippen molar-refractivity contribution in [2.24, 2.45) is 0 Å². The summed E-state index contributed by atoms with van der Waals surface area (Å²) >= 11 is 0. The Labute approximate surface area is 169 Å². The molecule has 2 N–H and O–H groups in total. The second kappa shape index (κ2) is 8.45. The van der Waals surface area contributed by atoms with Gasteiger partial charge in [0.2, 0.25) is 0 Å². The molecule has 0 unspecified atom stereocenters. The molecule has 1 amide bonds. The molecule has 0 saturated carbocycles.